The Morgan fingerprint density at radius 3 is 2.63 bits per heavy atom. The number of fused-ring (bicyclic) bond motifs is 3. The van der Waals surface area contributed by atoms with Gasteiger partial charge in [-0.1, -0.05) is 36.2 Å². The predicted molar refractivity (Wildman–Crippen MR) is 108 cm³/mol. The molecule has 0 unspecified atom stereocenters. The lowest BCUT2D eigenvalue weighted by atomic mass is 9.83. The number of carbonyl (C=O) groups excluding carboxylic acids is 2. The molecule has 2 aliphatic heterocycles. The van der Waals surface area contributed by atoms with Crippen molar-refractivity contribution in [3.8, 4) is 0 Å². The summed E-state index contributed by atoms with van der Waals surface area (Å²) in [6, 6.07) is 7.65. The molecule has 1 aliphatic carbocycles. The maximum absolute atomic E-state index is 12.9. The highest BCUT2D eigenvalue weighted by Gasteiger charge is 2.44. The van der Waals surface area contributed by atoms with Gasteiger partial charge in [-0.2, -0.15) is 0 Å². The second-order valence-corrected chi connectivity index (χ2v) is 9.03. The van der Waals surface area contributed by atoms with Gasteiger partial charge in [0.2, 0.25) is 5.91 Å². The number of hydrogen-bond acceptors (Lipinski definition) is 4. The van der Waals surface area contributed by atoms with Gasteiger partial charge in [0.05, 0.1) is 5.69 Å². The SMILES string of the molecule is O=C1C[C@@H](c2ccccc2Cl)c2c(sc3c2NC2(CCCCC2)NC3=O)N1. The normalized spacial score (nSPS) is 23.1. The summed E-state index contributed by atoms with van der Waals surface area (Å²) in [6.07, 6.45) is 5.57. The van der Waals surface area contributed by atoms with Gasteiger partial charge < -0.3 is 16.0 Å². The van der Waals surface area contributed by atoms with Crippen molar-refractivity contribution in [1.82, 2.24) is 5.32 Å². The second-order valence-electron chi connectivity index (χ2n) is 7.60. The summed E-state index contributed by atoms with van der Waals surface area (Å²) in [5, 5.41) is 11.2. The van der Waals surface area contributed by atoms with Gasteiger partial charge in [0.15, 0.2) is 0 Å². The molecule has 1 saturated carbocycles. The van der Waals surface area contributed by atoms with Crippen LogP contribution < -0.4 is 16.0 Å². The van der Waals surface area contributed by atoms with Gasteiger partial charge in [-0.05, 0) is 37.3 Å². The van der Waals surface area contributed by atoms with Crippen LogP contribution in [-0.4, -0.2) is 17.5 Å². The first-order valence-corrected chi connectivity index (χ1v) is 10.6. The fourth-order valence-corrected chi connectivity index (χ4v) is 5.99. The number of anilines is 2. The Kier molecular flexibility index (Phi) is 3.95. The van der Waals surface area contributed by atoms with Crippen molar-refractivity contribution in [2.24, 2.45) is 0 Å². The lowest BCUT2D eigenvalue weighted by molar-refractivity contribution is -0.116. The van der Waals surface area contributed by atoms with Crippen LogP contribution in [0.15, 0.2) is 24.3 Å². The van der Waals surface area contributed by atoms with Gasteiger partial charge in [0.25, 0.3) is 5.91 Å². The molecule has 1 atom stereocenters. The van der Waals surface area contributed by atoms with Crippen molar-refractivity contribution in [1.29, 1.82) is 0 Å². The van der Waals surface area contributed by atoms with Crippen LogP contribution in [0.4, 0.5) is 10.7 Å². The topological polar surface area (TPSA) is 70.2 Å². The van der Waals surface area contributed by atoms with E-state index in [-0.39, 0.29) is 23.4 Å². The average Bonchev–Trinajstić information content (AvgIpc) is 3.00. The molecular weight excluding hydrogens is 382 g/mol. The lowest BCUT2D eigenvalue weighted by Gasteiger charge is -2.43. The van der Waals surface area contributed by atoms with E-state index in [1.807, 2.05) is 24.3 Å². The number of halogens is 1. The highest BCUT2D eigenvalue weighted by molar-refractivity contribution is 7.19. The molecule has 2 aromatic rings. The van der Waals surface area contributed by atoms with E-state index in [0.717, 1.165) is 47.5 Å². The summed E-state index contributed by atoms with van der Waals surface area (Å²) in [6.45, 7) is 0. The minimum absolute atomic E-state index is 0.0428. The first kappa shape index (κ1) is 17.1. The quantitative estimate of drug-likeness (QED) is 0.649. The number of carbonyl (C=O) groups is 2. The number of nitrogens with one attached hydrogen (secondary N) is 3. The molecule has 0 radical (unpaired) electrons. The van der Waals surface area contributed by atoms with Crippen LogP contribution in [0.3, 0.4) is 0 Å². The highest BCUT2D eigenvalue weighted by atomic mass is 35.5. The van der Waals surface area contributed by atoms with Crippen LogP contribution in [0.2, 0.25) is 5.02 Å². The predicted octanol–water partition coefficient (Wildman–Crippen LogP) is 4.69. The molecule has 1 aromatic carbocycles. The summed E-state index contributed by atoms with van der Waals surface area (Å²) in [4.78, 5) is 25.9. The number of amides is 2. The number of rotatable bonds is 1. The monoisotopic (exact) mass is 401 g/mol. The van der Waals surface area contributed by atoms with Crippen LogP contribution in [-0.2, 0) is 4.79 Å². The molecule has 5 nitrogen and oxygen atoms in total. The molecule has 0 bridgehead atoms. The fourth-order valence-electron chi connectivity index (χ4n) is 4.59. The molecule has 7 heteroatoms. The zero-order valence-electron chi connectivity index (χ0n) is 14.7. The Morgan fingerprint density at radius 2 is 1.85 bits per heavy atom. The second kappa shape index (κ2) is 6.24. The van der Waals surface area contributed by atoms with Gasteiger partial charge in [0, 0.05) is 22.9 Å². The van der Waals surface area contributed by atoms with E-state index in [1.165, 1.54) is 17.8 Å². The molecule has 3 N–H and O–H groups in total. The van der Waals surface area contributed by atoms with Gasteiger partial charge >= 0.3 is 0 Å². The zero-order chi connectivity index (χ0) is 18.6. The fraction of sp³-hybridized carbons (Fsp3) is 0.400. The lowest BCUT2D eigenvalue weighted by Crippen LogP contribution is -2.58. The zero-order valence-corrected chi connectivity index (χ0v) is 16.3. The summed E-state index contributed by atoms with van der Waals surface area (Å²) in [7, 11) is 0. The third-order valence-electron chi connectivity index (χ3n) is 5.85. The Balaban J connectivity index is 1.65. The molecule has 1 aromatic heterocycles. The van der Waals surface area contributed by atoms with Crippen LogP contribution >= 0.6 is 22.9 Å². The maximum Gasteiger partial charge on any atom is 0.265 e. The minimum Gasteiger partial charge on any atom is -0.361 e. The first-order chi connectivity index (χ1) is 13.1. The first-order valence-electron chi connectivity index (χ1n) is 9.38. The Hall–Kier alpha value is -2.05. The van der Waals surface area contributed by atoms with Gasteiger partial charge in [-0.3, -0.25) is 9.59 Å². The average molecular weight is 402 g/mol. The third-order valence-corrected chi connectivity index (χ3v) is 7.31. The molecule has 1 spiro atoms. The van der Waals surface area contributed by atoms with E-state index >= 15 is 0 Å². The van der Waals surface area contributed by atoms with E-state index in [1.54, 1.807) is 0 Å². The van der Waals surface area contributed by atoms with E-state index in [0.29, 0.717) is 16.3 Å². The summed E-state index contributed by atoms with van der Waals surface area (Å²) in [5.74, 6) is -0.238. The molecular formula is C20H20ClN3O2S. The summed E-state index contributed by atoms with van der Waals surface area (Å²) < 4.78 is 0. The maximum atomic E-state index is 12.9. The smallest absolute Gasteiger partial charge is 0.265 e. The Bertz CT molecular complexity index is 949. The largest absolute Gasteiger partial charge is 0.361 e. The van der Waals surface area contributed by atoms with Crippen LogP contribution in [0.5, 0.6) is 0 Å². The van der Waals surface area contributed by atoms with Gasteiger partial charge in [-0.25, -0.2) is 0 Å². The van der Waals surface area contributed by atoms with E-state index in [9.17, 15) is 9.59 Å². The molecule has 3 heterocycles. The van der Waals surface area contributed by atoms with Crippen molar-refractivity contribution < 1.29 is 9.59 Å². The van der Waals surface area contributed by atoms with Crippen molar-refractivity contribution in [3.63, 3.8) is 0 Å². The van der Waals surface area contributed by atoms with Crippen molar-refractivity contribution in [3.05, 3.63) is 45.3 Å². The Morgan fingerprint density at radius 1 is 1.07 bits per heavy atom. The Labute approximate surface area is 166 Å². The van der Waals surface area contributed by atoms with E-state index in [2.05, 4.69) is 16.0 Å². The number of thiophene rings is 1. The van der Waals surface area contributed by atoms with Crippen LogP contribution in [0.25, 0.3) is 0 Å². The molecule has 0 saturated heterocycles. The van der Waals surface area contributed by atoms with Crippen molar-refractivity contribution >= 4 is 45.4 Å². The molecule has 140 valence electrons. The van der Waals surface area contributed by atoms with Gasteiger partial charge in [0.1, 0.15) is 15.5 Å². The number of benzene rings is 1. The van der Waals surface area contributed by atoms with E-state index < -0.39 is 0 Å². The summed E-state index contributed by atoms with van der Waals surface area (Å²) in [5.41, 5.74) is 2.44. The summed E-state index contributed by atoms with van der Waals surface area (Å²) >= 11 is 7.82. The molecule has 1 fully saturated rings. The molecule has 2 amide bonds. The van der Waals surface area contributed by atoms with Crippen LogP contribution in [0.1, 0.15) is 65.2 Å². The number of hydrogen-bond donors (Lipinski definition) is 3. The third kappa shape index (κ3) is 2.74. The molecule has 27 heavy (non-hydrogen) atoms. The van der Waals surface area contributed by atoms with Crippen molar-refractivity contribution in [2.75, 3.05) is 10.6 Å². The standard InChI is InChI=1S/C20H20ClN3O2S/c21-13-7-3-2-6-11(13)12-10-14(25)22-19-15(12)16-17(27-19)18(26)24-20(23-16)8-4-1-5-9-20/h2-3,6-7,12,23H,1,4-5,8-10H2,(H,22,25)(H,24,26)/t12-/m0/s1. The van der Waals surface area contributed by atoms with Crippen LogP contribution in [0, 0.1) is 0 Å². The highest BCUT2D eigenvalue weighted by Crippen LogP contribution is 2.51. The van der Waals surface area contributed by atoms with Gasteiger partial charge in [-0.15, -0.1) is 11.3 Å². The molecule has 3 aliphatic rings. The molecule has 5 rings (SSSR count). The van der Waals surface area contributed by atoms with E-state index in [4.69, 9.17) is 11.6 Å². The van der Waals surface area contributed by atoms with Crippen molar-refractivity contribution in [2.45, 2.75) is 50.1 Å². The minimum atomic E-state index is -0.371.